The van der Waals surface area contributed by atoms with Gasteiger partial charge in [-0.1, -0.05) is 0 Å². The van der Waals surface area contributed by atoms with Crippen molar-refractivity contribution in [1.82, 2.24) is 0 Å². The average Bonchev–Trinajstić information content (AvgIpc) is 1.84. The molecular weight excluding hydrogens is 181 g/mol. The first-order valence-electron chi connectivity index (χ1n) is 2.88. The molecule has 1 atom stereocenters. The smallest absolute Gasteiger partial charge is 0.416 e. The molecule has 0 aliphatic heterocycles. The molecule has 0 aromatic rings. The van der Waals surface area contributed by atoms with E-state index in [1.165, 1.54) is 0 Å². The first kappa shape index (κ1) is 11.2. The first-order chi connectivity index (χ1) is 5.34. The third kappa shape index (κ3) is 4.91. The fourth-order valence-electron chi connectivity index (χ4n) is 0.352. The van der Waals surface area contributed by atoms with E-state index in [9.17, 15) is 18.0 Å². The Labute approximate surface area is 65.6 Å². The van der Waals surface area contributed by atoms with Crippen molar-refractivity contribution < 1.29 is 32.9 Å². The molecule has 1 unspecified atom stereocenters. The van der Waals surface area contributed by atoms with Crippen molar-refractivity contribution in [2.45, 2.75) is 12.3 Å². The summed E-state index contributed by atoms with van der Waals surface area (Å²) < 4.78 is 38.5. The predicted octanol–water partition coefficient (Wildman–Crippen LogP) is 0.0108. The molecule has 0 spiro atoms. The molecule has 7 heteroatoms. The van der Waals surface area contributed by atoms with Crippen molar-refractivity contribution in [2.75, 3.05) is 13.2 Å². The van der Waals surface area contributed by atoms with Gasteiger partial charge in [-0.3, -0.25) is 0 Å². The van der Waals surface area contributed by atoms with Crippen molar-refractivity contribution in [2.24, 2.45) is 0 Å². The van der Waals surface area contributed by atoms with E-state index < -0.39 is 31.5 Å². The van der Waals surface area contributed by atoms with E-state index in [4.69, 9.17) is 10.2 Å². The topological polar surface area (TPSA) is 66.8 Å². The number of hydrogen-bond acceptors (Lipinski definition) is 3. The highest BCUT2D eigenvalue weighted by molar-refractivity contribution is 5.67. The maximum Gasteiger partial charge on any atom is 0.416 e. The van der Waals surface area contributed by atoms with E-state index in [-0.39, 0.29) is 0 Å². The summed E-state index contributed by atoms with van der Waals surface area (Å²) in [6.45, 7) is -1.91. The van der Waals surface area contributed by atoms with E-state index in [0.717, 1.165) is 0 Å². The zero-order valence-electron chi connectivity index (χ0n) is 5.84. The fourth-order valence-corrected chi connectivity index (χ4v) is 0.352. The summed E-state index contributed by atoms with van der Waals surface area (Å²) in [5.41, 5.74) is 0. The lowest BCUT2D eigenvalue weighted by Gasteiger charge is -2.13. The van der Waals surface area contributed by atoms with Gasteiger partial charge in [-0.15, -0.1) is 0 Å². The van der Waals surface area contributed by atoms with Crippen LogP contribution in [0.2, 0.25) is 0 Å². The predicted molar refractivity (Wildman–Crippen MR) is 30.5 cm³/mol. The zero-order valence-corrected chi connectivity index (χ0v) is 5.84. The van der Waals surface area contributed by atoms with Crippen molar-refractivity contribution in [3.63, 3.8) is 0 Å². The van der Waals surface area contributed by atoms with Crippen molar-refractivity contribution in [3.8, 4) is 0 Å². The molecule has 4 nitrogen and oxygen atoms in total. The van der Waals surface area contributed by atoms with Gasteiger partial charge in [0.2, 0.25) is 0 Å². The van der Waals surface area contributed by atoms with Gasteiger partial charge in [-0.25, -0.2) is 4.79 Å². The highest BCUT2D eigenvalue weighted by Crippen LogP contribution is 2.19. The molecule has 0 bridgehead atoms. The number of hydrogen-bond donors (Lipinski definition) is 2. The Morgan fingerprint density at radius 1 is 1.50 bits per heavy atom. The number of alkyl halides is 3. The largest absolute Gasteiger partial charge is 0.480 e. The van der Waals surface area contributed by atoms with E-state index in [2.05, 4.69) is 4.74 Å². The average molecular weight is 188 g/mol. The van der Waals surface area contributed by atoms with Crippen LogP contribution in [0.4, 0.5) is 13.2 Å². The van der Waals surface area contributed by atoms with Crippen molar-refractivity contribution in [3.05, 3.63) is 0 Å². The number of carboxylic acid groups (broad SMARTS) is 1. The number of aliphatic hydroxyl groups is 1. The second-order valence-corrected chi connectivity index (χ2v) is 1.97. The summed E-state index contributed by atoms with van der Waals surface area (Å²) in [5, 5.41) is 16.2. The SMILES string of the molecule is O=C(O)COCC(O)C(F)(F)F. The lowest BCUT2D eigenvalue weighted by molar-refractivity contribution is -0.218. The Bertz CT molecular complexity index is 155. The summed E-state index contributed by atoms with van der Waals surface area (Å²) in [7, 11) is 0. The fraction of sp³-hybridized carbons (Fsp3) is 0.800. The maximum atomic E-state index is 11.5. The van der Waals surface area contributed by atoms with Crippen LogP contribution in [-0.2, 0) is 9.53 Å². The normalized spacial score (nSPS) is 14.3. The lowest BCUT2D eigenvalue weighted by Crippen LogP contribution is -2.33. The van der Waals surface area contributed by atoms with Crippen molar-refractivity contribution in [1.29, 1.82) is 0 Å². The molecule has 0 rings (SSSR count). The lowest BCUT2D eigenvalue weighted by atomic mass is 10.4. The number of halogens is 3. The number of carboxylic acids is 1. The third-order valence-corrected chi connectivity index (χ3v) is 0.879. The van der Waals surface area contributed by atoms with Gasteiger partial charge in [0.1, 0.15) is 6.61 Å². The maximum absolute atomic E-state index is 11.5. The first-order valence-corrected chi connectivity index (χ1v) is 2.88. The van der Waals surface area contributed by atoms with E-state index in [0.29, 0.717) is 0 Å². The minimum Gasteiger partial charge on any atom is -0.480 e. The molecule has 0 amide bonds. The molecule has 0 aliphatic rings. The van der Waals surface area contributed by atoms with Crippen LogP contribution < -0.4 is 0 Å². The van der Waals surface area contributed by atoms with Gasteiger partial charge in [0, 0.05) is 0 Å². The van der Waals surface area contributed by atoms with Gasteiger partial charge >= 0.3 is 12.1 Å². The summed E-state index contributed by atoms with van der Waals surface area (Å²) >= 11 is 0. The molecule has 0 aromatic carbocycles. The Hall–Kier alpha value is -0.820. The van der Waals surface area contributed by atoms with Crippen LogP contribution in [0.3, 0.4) is 0 Å². The van der Waals surface area contributed by atoms with Crippen molar-refractivity contribution >= 4 is 5.97 Å². The summed E-state index contributed by atoms with van der Waals surface area (Å²) in [6.07, 6.45) is -7.39. The molecule has 2 N–H and O–H groups in total. The van der Waals surface area contributed by atoms with Crippen LogP contribution in [0, 0.1) is 0 Å². The molecule has 0 saturated carbocycles. The van der Waals surface area contributed by atoms with Gasteiger partial charge in [-0.2, -0.15) is 13.2 Å². The summed E-state index contributed by atoms with van der Waals surface area (Å²) in [4.78, 5) is 9.74. The van der Waals surface area contributed by atoms with Crippen LogP contribution in [-0.4, -0.2) is 41.7 Å². The van der Waals surface area contributed by atoms with E-state index >= 15 is 0 Å². The molecule has 0 radical (unpaired) electrons. The number of aliphatic carboxylic acids is 1. The van der Waals surface area contributed by atoms with E-state index in [1.807, 2.05) is 0 Å². The molecule has 0 heterocycles. The Morgan fingerprint density at radius 3 is 2.33 bits per heavy atom. The van der Waals surface area contributed by atoms with Crippen LogP contribution in [0.15, 0.2) is 0 Å². The molecule has 0 fully saturated rings. The Balaban J connectivity index is 3.58. The van der Waals surface area contributed by atoms with Gasteiger partial charge in [0.05, 0.1) is 6.61 Å². The second kappa shape index (κ2) is 4.27. The van der Waals surface area contributed by atoms with Gasteiger partial charge in [0.25, 0.3) is 0 Å². The standard InChI is InChI=1S/C5H7F3O4/c6-5(7,8)3(9)1-12-2-4(10)11/h3,9H,1-2H2,(H,10,11). The minimum atomic E-state index is -4.77. The second-order valence-electron chi connectivity index (χ2n) is 1.97. The van der Waals surface area contributed by atoms with Crippen LogP contribution in [0.25, 0.3) is 0 Å². The molecular formula is C5H7F3O4. The monoisotopic (exact) mass is 188 g/mol. The molecule has 0 saturated heterocycles. The Morgan fingerprint density at radius 2 is 2.00 bits per heavy atom. The molecule has 12 heavy (non-hydrogen) atoms. The van der Waals surface area contributed by atoms with Gasteiger partial charge < -0.3 is 14.9 Å². The zero-order chi connectivity index (χ0) is 9.78. The molecule has 0 aromatic heterocycles. The highest BCUT2D eigenvalue weighted by Gasteiger charge is 2.38. The molecule has 72 valence electrons. The quantitative estimate of drug-likeness (QED) is 0.652. The highest BCUT2D eigenvalue weighted by atomic mass is 19.4. The minimum absolute atomic E-state index is 0.854. The third-order valence-electron chi connectivity index (χ3n) is 0.879. The van der Waals surface area contributed by atoms with Crippen LogP contribution in [0.1, 0.15) is 0 Å². The number of aliphatic hydroxyl groups excluding tert-OH is 1. The number of ether oxygens (including phenoxy) is 1. The number of carbonyl (C=O) groups is 1. The van der Waals surface area contributed by atoms with E-state index in [1.54, 1.807) is 0 Å². The Kier molecular flexibility index (Phi) is 3.98. The van der Waals surface area contributed by atoms with Crippen LogP contribution >= 0.6 is 0 Å². The number of rotatable bonds is 4. The summed E-state index contributed by atoms with van der Waals surface area (Å²) in [6, 6.07) is 0. The molecule has 0 aliphatic carbocycles. The van der Waals surface area contributed by atoms with Gasteiger partial charge in [0.15, 0.2) is 6.10 Å². The van der Waals surface area contributed by atoms with Gasteiger partial charge in [-0.05, 0) is 0 Å². The summed E-state index contributed by atoms with van der Waals surface area (Å²) in [5.74, 6) is -1.38. The van der Waals surface area contributed by atoms with Crippen LogP contribution in [0.5, 0.6) is 0 Å².